The Labute approximate surface area is 173 Å². The molecule has 0 bridgehead atoms. The van der Waals surface area contributed by atoms with Crippen LogP contribution in [0.4, 0.5) is 11.4 Å². The molecule has 0 amide bonds. The van der Waals surface area contributed by atoms with Crippen LogP contribution in [-0.2, 0) is 0 Å². The van der Waals surface area contributed by atoms with Crippen molar-refractivity contribution in [2.45, 2.75) is 11.8 Å². The fraction of sp³-hybridized carbons (Fsp3) is 0.0417. The number of benzene rings is 3. The Hall–Kier alpha value is -3.44. The van der Waals surface area contributed by atoms with Gasteiger partial charge < -0.3 is 15.4 Å². The van der Waals surface area contributed by atoms with Crippen molar-refractivity contribution < 1.29 is 0 Å². The number of aromatic nitrogens is 2. The molecule has 5 rings (SSSR count). The third-order valence-electron chi connectivity index (χ3n) is 4.99. The highest BCUT2D eigenvalue weighted by atomic mass is 32.2. The van der Waals surface area contributed by atoms with Crippen LogP contribution in [0.3, 0.4) is 0 Å². The Morgan fingerprint density at radius 3 is 2.72 bits per heavy atom. The third-order valence-corrected chi connectivity index (χ3v) is 5.81. The normalized spacial score (nSPS) is 11.2. The zero-order chi connectivity index (χ0) is 19.8. The van der Waals surface area contributed by atoms with E-state index in [9.17, 15) is 0 Å². The number of nitrogens with one attached hydrogen (secondary N) is 2. The summed E-state index contributed by atoms with van der Waals surface area (Å²) in [5.74, 6) is 0. The van der Waals surface area contributed by atoms with Gasteiger partial charge in [-0.25, -0.2) is 4.98 Å². The first kappa shape index (κ1) is 17.6. The van der Waals surface area contributed by atoms with Gasteiger partial charge in [-0.3, -0.25) is 0 Å². The van der Waals surface area contributed by atoms with Crippen LogP contribution in [0.15, 0.2) is 83.8 Å². The van der Waals surface area contributed by atoms with Crippen LogP contribution in [0, 0.1) is 6.92 Å². The second-order valence-electron chi connectivity index (χ2n) is 7.05. The van der Waals surface area contributed by atoms with Crippen molar-refractivity contribution >= 4 is 45.1 Å². The minimum absolute atomic E-state index is 0.762. The molecule has 0 aliphatic heterocycles. The van der Waals surface area contributed by atoms with Crippen LogP contribution < -0.4 is 10.5 Å². The summed E-state index contributed by atoms with van der Waals surface area (Å²) in [4.78, 5) is 9.47. The molecule has 0 aliphatic rings. The lowest BCUT2D eigenvalue weighted by atomic mass is 10.1. The van der Waals surface area contributed by atoms with E-state index in [4.69, 9.17) is 10.7 Å². The molecule has 4 nitrogen and oxygen atoms in total. The van der Waals surface area contributed by atoms with Gasteiger partial charge in [0.2, 0.25) is 0 Å². The molecule has 3 aromatic carbocycles. The summed E-state index contributed by atoms with van der Waals surface area (Å²) in [5.41, 5.74) is 13.0. The van der Waals surface area contributed by atoms with E-state index in [0.29, 0.717) is 0 Å². The van der Waals surface area contributed by atoms with Crippen LogP contribution >= 0.6 is 11.9 Å². The second kappa shape index (κ2) is 7.18. The molecular weight excluding hydrogens is 376 g/mol. The van der Waals surface area contributed by atoms with E-state index < -0.39 is 0 Å². The predicted molar refractivity (Wildman–Crippen MR) is 124 cm³/mol. The monoisotopic (exact) mass is 396 g/mol. The highest BCUT2D eigenvalue weighted by Gasteiger charge is 2.13. The van der Waals surface area contributed by atoms with Crippen molar-refractivity contribution in [3.05, 3.63) is 84.6 Å². The summed E-state index contributed by atoms with van der Waals surface area (Å²) in [7, 11) is 0. The third kappa shape index (κ3) is 3.41. The predicted octanol–water partition coefficient (Wildman–Crippen LogP) is 6.39. The number of hydrogen-bond acceptors (Lipinski definition) is 4. The Morgan fingerprint density at radius 1 is 0.931 bits per heavy atom. The molecule has 0 unspecified atom stereocenters. The van der Waals surface area contributed by atoms with Crippen molar-refractivity contribution in [3.63, 3.8) is 0 Å². The average molecular weight is 397 g/mol. The van der Waals surface area contributed by atoms with Crippen LogP contribution in [0.5, 0.6) is 0 Å². The highest BCUT2D eigenvalue weighted by Crippen LogP contribution is 2.34. The van der Waals surface area contributed by atoms with Crippen molar-refractivity contribution in [3.8, 4) is 11.3 Å². The quantitative estimate of drug-likeness (QED) is 0.243. The molecule has 142 valence electrons. The van der Waals surface area contributed by atoms with Gasteiger partial charge in [0.05, 0.1) is 11.2 Å². The van der Waals surface area contributed by atoms with Crippen molar-refractivity contribution in [1.29, 1.82) is 0 Å². The summed E-state index contributed by atoms with van der Waals surface area (Å²) in [6.45, 7) is 2.10. The molecule has 0 saturated heterocycles. The van der Waals surface area contributed by atoms with Gasteiger partial charge >= 0.3 is 0 Å². The minimum Gasteiger partial charge on any atom is -0.399 e. The first-order valence-corrected chi connectivity index (χ1v) is 10.3. The van der Waals surface area contributed by atoms with E-state index in [2.05, 4.69) is 59.1 Å². The summed E-state index contributed by atoms with van der Waals surface area (Å²) >= 11 is 1.55. The number of nitrogens with zero attached hydrogens (tertiary/aromatic N) is 1. The first-order chi connectivity index (χ1) is 14.2. The number of aromatic amines is 1. The summed E-state index contributed by atoms with van der Waals surface area (Å²) in [6, 6.07) is 26.6. The number of nitrogen functional groups attached to an aromatic ring is 1. The molecule has 5 heteroatoms. The molecule has 0 aliphatic carbocycles. The van der Waals surface area contributed by atoms with Crippen LogP contribution in [-0.4, -0.2) is 9.97 Å². The molecule has 29 heavy (non-hydrogen) atoms. The van der Waals surface area contributed by atoms with E-state index in [1.807, 2.05) is 36.4 Å². The van der Waals surface area contributed by atoms with Gasteiger partial charge in [0.1, 0.15) is 0 Å². The summed E-state index contributed by atoms with van der Waals surface area (Å²) < 4.78 is 3.42. The molecule has 2 aromatic heterocycles. The van der Waals surface area contributed by atoms with Gasteiger partial charge in [0, 0.05) is 43.8 Å². The highest BCUT2D eigenvalue weighted by molar-refractivity contribution is 8.00. The van der Waals surface area contributed by atoms with Gasteiger partial charge in [0.15, 0.2) is 0 Å². The number of H-pyrrole nitrogens is 1. The molecule has 0 atom stereocenters. The fourth-order valence-corrected chi connectivity index (χ4v) is 4.33. The lowest BCUT2D eigenvalue weighted by molar-refractivity contribution is 1.28. The molecule has 0 fully saturated rings. The zero-order valence-corrected chi connectivity index (χ0v) is 16.8. The number of nitrogens with two attached hydrogens (primary N) is 1. The molecule has 0 radical (unpaired) electrons. The van der Waals surface area contributed by atoms with Gasteiger partial charge in [-0.05, 0) is 67.4 Å². The Bertz CT molecular complexity index is 1340. The first-order valence-electron chi connectivity index (χ1n) is 9.44. The van der Waals surface area contributed by atoms with E-state index in [-0.39, 0.29) is 0 Å². The van der Waals surface area contributed by atoms with Gasteiger partial charge in [-0.1, -0.05) is 30.3 Å². The van der Waals surface area contributed by atoms with Crippen molar-refractivity contribution in [2.75, 3.05) is 10.5 Å². The number of para-hydroxylation sites is 1. The number of aryl methyl sites for hydroxylation is 1. The molecule has 2 heterocycles. The van der Waals surface area contributed by atoms with Crippen molar-refractivity contribution in [2.24, 2.45) is 0 Å². The fourth-order valence-electron chi connectivity index (χ4n) is 3.62. The van der Waals surface area contributed by atoms with Gasteiger partial charge in [-0.15, -0.1) is 0 Å². The van der Waals surface area contributed by atoms with Crippen LogP contribution in [0.2, 0.25) is 0 Å². The van der Waals surface area contributed by atoms with Gasteiger partial charge in [0.25, 0.3) is 0 Å². The number of pyridine rings is 1. The maximum Gasteiger partial charge on any atom is 0.0733 e. The molecular formula is C24H20N4S. The molecule has 0 spiro atoms. The van der Waals surface area contributed by atoms with E-state index in [1.54, 1.807) is 11.9 Å². The number of anilines is 2. The van der Waals surface area contributed by atoms with E-state index in [0.717, 1.165) is 55.0 Å². The molecule has 5 aromatic rings. The number of fused-ring (bicyclic) bond motifs is 2. The standard InChI is InChI=1S/C24H20N4S/c1-15-24(23-11-9-16-5-2-3-8-21(16)27-23)20-14-18(10-12-22(20)26-15)28-29-19-7-4-6-17(25)13-19/h2-14,26,28H,25H2,1H3. The number of hydrogen-bond donors (Lipinski definition) is 3. The van der Waals surface area contributed by atoms with Crippen molar-refractivity contribution in [1.82, 2.24) is 9.97 Å². The van der Waals surface area contributed by atoms with Gasteiger partial charge in [-0.2, -0.15) is 0 Å². The van der Waals surface area contributed by atoms with Crippen LogP contribution in [0.1, 0.15) is 5.69 Å². The SMILES string of the molecule is Cc1[nH]c2ccc(NSc3cccc(N)c3)cc2c1-c1ccc2ccccc2n1. The maximum atomic E-state index is 5.88. The second-order valence-corrected chi connectivity index (χ2v) is 7.93. The Kier molecular flexibility index (Phi) is 4.37. The lowest BCUT2D eigenvalue weighted by Crippen LogP contribution is -1.89. The van der Waals surface area contributed by atoms with E-state index >= 15 is 0 Å². The lowest BCUT2D eigenvalue weighted by Gasteiger charge is -2.08. The zero-order valence-electron chi connectivity index (χ0n) is 15.9. The summed E-state index contributed by atoms with van der Waals surface area (Å²) in [5, 5.41) is 2.30. The smallest absolute Gasteiger partial charge is 0.0733 e. The average Bonchev–Trinajstić information content (AvgIpc) is 3.07. The number of rotatable bonds is 4. The topological polar surface area (TPSA) is 66.7 Å². The Morgan fingerprint density at radius 2 is 1.83 bits per heavy atom. The summed E-state index contributed by atoms with van der Waals surface area (Å²) in [6.07, 6.45) is 0. The van der Waals surface area contributed by atoms with E-state index in [1.165, 1.54) is 0 Å². The van der Waals surface area contributed by atoms with Crippen LogP contribution in [0.25, 0.3) is 33.1 Å². The molecule has 0 saturated carbocycles. The largest absolute Gasteiger partial charge is 0.399 e. The minimum atomic E-state index is 0.762. The Balaban J connectivity index is 1.53. The maximum absolute atomic E-state index is 5.88. The molecule has 4 N–H and O–H groups in total.